The maximum absolute atomic E-state index is 11.4. The van der Waals surface area contributed by atoms with Gasteiger partial charge in [0.15, 0.2) is 0 Å². The molecule has 20 heavy (non-hydrogen) atoms. The first-order chi connectivity index (χ1) is 9.70. The summed E-state index contributed by atoms with van der Waals surface area (Å²) in [4.78, 5) is 11.4. The predicted octanol–water partition coefficient (Wildman–Crippen LogP) is 3.41. The Hall–Kier alpha value is -1.81. The highest BCUT2D eigenvalue weighted by Gasteiger charge is 2.35. The van der Waals surface area contributed by atoms with E-state index in [1.807, 2.05) is 18.2 Å². The van der Waals surface area contributed by atoms with Gasteiger partial charge in [-0.2, -0.15) is 0 Å². The second kappa shape index (κ2) is 5.29. The number of furan rings is 1. The lowest BCUT2D eigenvalue weighted by Crippen LogP contribution is -2.18. The summed E-state index contributed by atoms with van der Waals surface area (Å²) in [5.41, 5.74) is 0.934. The van der Waals surface area contributed by atoms with Crippen LogP contribution in [0.5, 0.6) is 0 Å². The largest absolute Gasteiger partial charge is 0.478 e. The molecule has 0 spiro atoms. The molecule has 2 aromatic rings. The summed E-state index contributed by atoms with van der Waals surface area (Å²) in [5.74, 6) is 0.353. The number of hydrogen-bond donors (Lipinski definition) is 2. The first-order valence-electron chi connectivity index (χ1n) is 7.17. The number of benzene rings is 1. The molecule has 3 rings (SSSR count). The van der Waals surface area contributed by atoms with Crippen LogP contribution in [0.1, 0.15) is 42.3 Å². The van der Waals surface area contributed by atoms with Crippen molar-refractivity contribution in [2.75, 3.05) is 0 Å². The molecule has 1 saturated carbocycles. The first-order valence-corrected chi connectivity index (χ1v) is 7.17. The van der Waals surface area contributed by atoms with Crippen LogP contribution in [0.4, 0.5) is 0 Å². The molecule has 0 bridgehead atoms. The Morgan fingerprint density at radius 1 is 1.45 bits per heavy atom. The number of carboxylic acids is 1. The molecular weight excluding hydrogens is 254 g/mol. The van der Waals surface area contributed by atoms with Gasteiger partial charge in [0.2, 0.25) is 0 Å². The number of para-hydroxylation sites is 1. The standard InChI is InChI=1S/C16H19NO3/c1-2-5-10-8-12(10)17-9-14-15(16(18)19)11-6-3-4-7-13(11)20-14/h3-4,6-7,10,12,17H,2,5,8-9H2,1H3,(H,18,19). The molecule has 1 aromatic carbocycles. The van der Waals surface area contributed by atoms with Crippen molar-refractivity contribution in [3.8, 4) is 0 Å². The van der Waals surface area contributed by atoms with E-state index in [-0.39, 0.29) is 0 Å². The zero-order valence-electron chi connectivity index (χ0n) is 11.6. The maximum atomic E-state index is 11.4. The Bertz CT molecular complexity index is 632. The minimum absolute atomic E-state index is 0.292. The van der Waals surface area contributed by atoms with Gasteiger partial charge in [0.05, 0.1) is 6.54 Å². The molecule has 106 valence electrons. The van der Waals surface area contributed by atoms with Gasteiger partial charge < -0.3 is 14.8 Å². The highest BCUT2D eigenvalue weighted by atomic mass is 16.4. The first kappa shape index (κ1) is 13.2. The van der Waals surface area contributed by atoms with E-state index in [4.69, 9.17) is 4.42 Å². The predicted molar refractivity (Wildman–Crippen MR) is 76.8 cm³/mol. The van der Waals surface area contributed by atoms with Gasteiger partial charge in [-0.25, -0.2) is 4.79 Å². The van der Waals surface area contributed by atoms with Crippen LogP contribution in [0.15, 0.2) is 28.7 Å². The molecule has 0 amide bonds. The summed E-state index contributed by atoms with van der Waals surface area (Å²) in [6.45, 7) is 2.68. The van der Waals surface area contributed by atoms with Gasteiger partial charge in [0.25, 0.3) is 0 Å². The molecule has 0 saturated heterocycles. The van der Waals surface area contributed by atoms with Crippen molar-refractivity contribution in [3.05, 3.63) is 35.6 Å². The average molecular weight is 273 g/mol. The maximum Gasteiger partial charge on any atom is 0.339 e. The fraction of sp³-hybridized carbons (Fsp3) is 0.438. The normalized spacial score (nSPS) is 21.2. The molecule has 2 atom stereocenters. The molecule has 4 heteroatoms. The minimum Gasteiger partial charge on any atom is -0.478 e. The van der Waals surface area contributed by atoms with Gasteiger partial charge in [-0.3, -0.25) is 0 Å². The van der Waals surface area contributed by atoms with Crippen molar-refractivity contribution < 1.29 is 14.3 Å². The third-order valence-corrected chi connectivity index (χ3v) is 3.99. The number of aromatic carboxylic acids is 1. The summed E-state index contributed by atoms with van der Waals surface area (Å²) < 4.78 is 5.69. The molecule has 1 heterocycles. The van der Waals surface area contributed by atoms with Crippen molar-refractivity contribution >= 4 is 16.9 Å². The van der Waals surface area contributed by atoms with Crippen LogP contribution in [0.25, 0.3) is 11.0 Å². The van der Waals surface area contributed by atoms with E-state index in [0.717, 1.165) is 5.92 Å². The van der Waals surface area contributed by atoms with Gasteiger partial charge in [-0.15, -0.1) is 0 Å². The molecule has 2 N–H and O–H groups in total. The van der Waals surface area contributed by atoms with Crippen molar-refractivity contribution in [1.82, 2.24) is 5.32 Å². The molecule has 4 nitrogen and oxygen atoms in total. The van der Waals surface area contributed by atoms with Crippen molar-refractivity contribution in [3.63, 3.8) is 0 Å². The summed E-state index contributed by atoms with van der Waals surface area (Å²) in [7, 11) is 0. The van der Waals surface area contributed by atoms with Crippen LogP contribution in [0.2, 0.25) is 0 Å². The van der Waals surface area contributed by atoms with Crippen LogP contribution in [-0.2, 0) is 6.54 Å². The highest BCUT2D eigenvalue weighted by molar-refractivity contribution is 6.03. The van der Waals surface area contributed by atoms with Crippen LogP contribution in [0.3, 0.4) is 0 Å². The number of fused-ring (bicyclic) bond motifs is 1. The molecule has 1 aromatic heterocycles. The van der Waals surface area contributed by atoms with Gasteiger partial charge in [0.1, 0.15) is 16.9 Å². The molecule has 1 aliphatic carbocycles. The molecule has 1 fully saturated rings. The Labute approximate surface area is 117 Å². The lowest BCUT2D eigenvalue weighted by molar-refractivity contribution is 0.0696. The van der Waals surface area contributed by atoms with Crippen molar-refractivity contribution in [2.45, 2.75) is 38.8 Å². The van der Waals surface area contributed by atoms with E-state index in [1.165, 1.54) is 19.3 Å². The molecule has 0 radical (unpaired) electrons. The fourth-order valence-electron chi connectivity index (χ4n) is 2.87. The minimum atomic E-state index is -0.923. The van der Waals surface area contributed by atoms with Crippen LogP contribution < -0.4 is 5.32 Å². The van der Waals surface area contributed by atoms with E-state index in [0.29, 0.717) is 34.9 Å². The van der Waals surface area contributed by atoms with Gasteiger partial charge in [-0.1, -0.05) is 31.5 Å². The molecular formula is C16H19NO3. The van der Waals surface area contributed by atoms with E-state index in [9.17, 15) is 9.90 Å². The van der Waals surface area contributed by atoms with Crippen molar-refractivity contribution in [1.29, 1.82) is 0 Å². The Morgan fingerprint density at radius 3 is 3.00 bits per heavy atom. The number of carboxylic acid groups (broad SMARTS) is 1. The Kier molecular flexibility index (Phi) is 3.49. The lowest BCUT2D eigenvalue weighted by Gasteiger charge is -2.02. The van der Waals surface area contributed by atoms with Crippen molar-refractivity contribution in [2.24, 2.45) is 5.92 Å². The van der Waals surface area contributed by atoms with Crippen LogP contribution in [0, 0.1) is 5.92 Å². The van der Waals surface area contributed by atoms with Gasteiger partial charge in [0, 0.05) is 11.4 Å². The van der Waals surface area contributed by atoms with Crippen LogP contribution >= 0.6 is 0 Å². The van der Waals surface area contributed by atoms with Gasteiger partial charge >= 0.3 is 5.97 Å². The van der Waals surface area contributed by atoms with Gasteiger partial charge in [-0.05, 0) is 24.8 Å². The quantitative estimate of drug-likeness (QED) is 0.846. The summed E-state index contributed by atoms with van der Waals surface area (Å²) in [5, 5.41) is 13.5. The molecule has 1 aliphatic rings. The molecule has 2 unspecified atom stereocenters. The zero-order chi connectivity index (χ0) is 14.1. The average Bonchev–Trinajstić information content (AvgIpc) is 3.05. The summed E-state index contributed by atoms with van der Waals surface area (Å²) in [6, 6.07) is 7.81. The number of hydrogen-bond acceptors (Lipinski definition) is 3. The smallest absolute Gasteiger partial charge is 0.339 e. The number of nitrogens with one attached hydrogen (secondary N) is 1. The summed E-state index contributed by atoms with van der Waals surface area (Å²) in [6.07, 6.45) is 3.63. The highest BCUT2D eigenvalue weighted by Crippen LogP contribution is 2.35. The second-order valence-electron chi connectivity index (χ2n) is 5.47. The van der Waals surface area contributed by atoms with E-state index < -0.39 is 5.97 Å². The van der Waals surface area contributed by atoms with E-state index >= 15 is 0 Å². The zero-order valence-corrected chi connectivity index (χ0v) is 11.6. The lowest BCUT2D eigenvalue weighted by atomic mass is 10.1. The van der Waals surface area contributed by atoms with Crippen LogP contribution in [-0.4, -0.2) is 17.1 Å². The third-order valence-electron chi connectivity index (χ3n) is 3.99. The summed E-state index contributed by atoms with van der Waals surface area (Å²) >= 11 is 0. The Balaban J connectivity index is 1.77. The van der Waals surface area contributed by atoms with E-state index in [1.54, 1.807) is 6.07 Å². The number of carbonyl (C=O) groups is 1. The topological polar surface area (TPSA) is 62.5 Å². The second-order valence-corrected chi connectivity index (χ2v) is 5.47. The molecule has 0 aliphatic heterocycles. The van der Waals surface area contributed by atoms with E-state index in [2.05, 4.69) is 12.2 Å². The third kappa shape index (κ3) is 2.43. The fourth-order valence-corrected chi connectivity index (χ4v) is 2.87. The number of rotatable bonds is 6. The Morgan fingerprint density at radius 2 is 2.25 bits per heavy atom. The SMILES string of the molecule is CCCC1CC1NCc1oc2ccccc2c1C(=O)O. The monoisotopic (exact) mass is 273 g/mol.